The van der Waals surface area contributed by atoms with Crippen molar-refractivity contribution >= 4 is 23.9 Å². The van der Waals surface area contributed by atoms with Crippen molar-refractivity contribution in [3.8, 4) is 11.1 Å². The molecule has 0 bridgehead atoms. The van der Waals surface area contributed by atoms with E-state index in [1.807, 2.05) is 66.7 Å². The molecular weight excluding hydrogens is 512 g/mol. The summed E-state index contributed by atoms with van der Waals surface area (Å²) in [6.45, 7) is 1.56. The summed E-state index contributed by atoms with van der Waals surface area (Å²) in [6, 6.07) is 23.7. The van der Waals surface area contributed by atoms with Crippen molar-refractivity contribution in [3.05, 3.63) is 95.6 Å². The molecule has 5 rings (SSSR count). The Hall–Kier alpha value is -4.66. The molecule has 1 fully saturated rings. The third-order valence-electron chi connectivity index (χ3n) is 7.45. The molecule has 9 nitrogen and oxygen atoms in total. The van der Waals surface area contributed by atoms with Gasteiger partial charge in [-0.15, -0.1) is 0 Å². The Morgan fingerprint density at radius 2 is 1.48 bits per heavy atom. The van der Waals surface area contributed by atoms with Gasteiger partial charge in [0.25, 0.3) is 0 Å². The molecule has 9 heteroatoms. The second-order valence-corrected chi connectivity index (χ2v) is 10.4. The van der Waals surface area contributed by atoms with Crippen molar-refractivity contribution in [1.29, 1.82) is 0 Å². The number of fused-ring (bicyclic) bond motifs is 3. The van der Waals surface area contributed by atoms with Crippen LogP contribution in [0.2, 0.25) is 0 Å². The number of amides is 2. The predicted octanol–water partition coefficient (Wildman–Crippen LogP) is 3.96. The van der Waals surface area contributed by atoms with Crippen LogP contribution in [0.25, 0.3) is 11.1 Å². The first-order valence-corrected chi connectivity index (χ1v) is 13.1. The fourth-order valence-corrected chi connectivity index (χ4v) is 5.25. The summed E-state index contributed by atoms with van der Waals surface area (Å²) in [4.78, 5) is 51.6. The van der Waals surface area contributed by atoms with E-state index in [1.54, 1.807) is 19.1 Å². The highest BCUT2D eigenvalue weighted by molar-refractivity contribution is 5.91. The molecule has 206 valence electrons. The Balaban J connectivity index is 1.24. The molecule has 1 aliphatic carbocycles. The van der Waals surface area contributed by atoms with Gasteiger partial charge in [0.15, 0.2) is 0 Å². The quantitative estimate of drug-likeness (QED) is 0.393. The molecule has 3 aromatic rings. The maximum absolute atomic E-state index is 13.2. The number of rotatable bonds is 9. The normalized spacial score (nSPS) is 15.7. The van der Waals surface area contributed by atoms with E-state index >= 15 is 0 Å². The Morgan fingerprint density at radius 3 is 2.08 bits per heavy atom. The van der Waals surface area contributed by atoms with Crippen LogP contribution >= 0.6 is 0 Å². The fourth-order valence-electron chi connectivity index (χ4n) is 5.25. The van der Waals surface area contributed by atoms with E-state index in [4.69, 9.17) is 9.47 Å². The van der Waals surface area contributed by atoms with Gasteiger partial charge in [-0.25, -0.2) is 4.79 Å². The van der Waals surface area contributed by atoms with E-state index < -0.39 is 41.8 Å². The molecule has 40 heavy (non-hydrogen) atoms. The number of esters is 1. The zero-order valence-electron chi connectivity index (χ0n) is 22.0. The van der Waals surface area contributed by atoms with Crippen molar-refractivity contribution in [2.75, 3.05) is 19.7 Å². The van der Waals surface area contributed by atoms with Gasteiger partial charge >= 0.3 is 18.0 Å². The lowest BCUT2D eigenvalue weighted by Gasteiger charge is -2.45. The lowest BCUT2D eigenvalue weighted by Crippen LogP contribution is -2.64. The molecule has 0 unspecified atom stereocenters. The minimum Gasteiger partial charge on any atom is -0.481 e. The van der Waals surface area contributed by atoms with Gasteiger partial charge < -0.3 is 24.8 Å². The number of carboxylic acid groups (broad SMARTS) is 1. The molecular formula is C31H30N2O7. The maximum atomic E-state index is 13.2. The van der Waals surface area contributed by atoms with Crippen molar-refractivity contribution in [3.63, 3.8) is 0 Å². The largest absolute Gasteiger partial charge is 0.481 e. The van der Waals surface area contributed by atoms with Crippen LogP contribution in [0.4, 0.5) is 4.79 Å². The third-order valence-corrected chi connectivity index (χ3v) is 7.45. The van der Waals surface area contributed by atoms with Crippen LogP contribution < -0.4 is 5.32 Å². The average Bonchev–Trinajstić information content (AvgIpc) is 3.26. The highest BCUT2D eigenvalue weighted by atomic mass is 16.5. The summed E-state index contributed by atoms with van der Waals surface area (Å²) in [7, 11) is 0. The Labute approximate surface area is 231 Å². The summed E-state index contributed by atoms with van der Waals surface area (Å²) < 4.78 is 10.9. The number of likely N-dealkylation sites (tertiary alicyclic amines) is 1. The SMILES string of the molecule is CC1(C(=O)O)CN(C(=O)[C@H](CC(=O)OCc2ccccc2)NC(=O)OCC2c3ccccc3-c3ccccc32)C1. The summed E-state index contributed by atoms with van der Waals surface area (Å²) in [5.74, 6) is -2.43. The lowest BCUT2D eigenvalue weighted by molar-refractivity contribution is -0.166. The average molecular weight is 543 g/mol. The second-order valence-electron chi connectivity index (χ2n) is 10.4. The molecule has 2 aliphatic rings. The highest BCUT2D eigenvalue weighted by Crippen LogP contribution is 2.44. The summed E-state index contributed by atoms with van der Waals surface area (Å²) in [6.07, 6.45) is -1.27. The Morgan fingerprint density at radius 1 is 0.900 bits per heavy atom. The van der Waals surface area contributed by atoms with Crippen molar-refractivity contribution in [1.82, 2.24) is 10.2 Å². The number of carbonyl (C=O) groups excluding carboxylic acids is 3. The van der Waals surface area contributed by atoms with Gasteiger partial charge in [-0.2, -0.15) is 0 Å². The van der Waals surface area contributed by atoms with Gasteiger partial charge in [-0.1, -0.05) is 78.9 Å². The number of hydrogen-bond acceptors (Lipinski definition) is 6. The van der Waals surface area contributed by atoms with Crippen LogP contribution in [0, 0.1) is 5.41 Å². The minimum absolute atomic E-state index is 0.0202. The second kappa shape index (κ2) is 11.2. The number of ether oxygens (including phenoxy) is 2. The standard InChI is InChI=1S/C31H30N2O7/c1-31(29(36)37)18-33(19-31)28(35)26(15-27(34)39-16-20-9-3-2-4-10-20)32-30(38)40-17-25-23-13-7-5-11-21(23)22-12-6-8-14-24(22)25/h2-14,25-26H,15-19H2,1H3,(H,32,38)(H,36,37)/t26-/m0/s1. The predicted molar refractivity (Wildman–Crippen MR) is 145 cm³/mol. The first-order chi connectivity index (χ1) is 19.2. The number of carbonyl (C=O) groups is 4. The molecule has 0 radical (unpaired) electrons. The van der Waals surface area contributed by atoms with Gasteiger partial charge in [0.2, 0.25) is 5.91 Å². The van der Waals surface area contributed by atoms with Gasteiger partial charge in [-0.3, -0.25) is 14.4 Å². The number of nitrogens with zero attached hydrogens (tertiary/aromatic N) is 1. The number of alkyl carbamates (subject to hydrolysis) is 1. The van der Waals surface area contributed by atoms with E-state index in [-0.39, 0.29) is 32.2 Å². The highest BCUT2D eigenvalue weighted by Gasteiger charge is 2.49. The molecule has 1 atom stereocenters. The monoisotopic (exact) mass is 542 g/mol. The molecule has 0 aromatic heterocycles. The van der Waals surface area contributed by atoms with E-state index in [0.717, 1.165) is 27.8 Å². The summed E-state index contributed by atoms with van der Waals surface area (Å²) in [5, 5.41) is 11.9. The maximum Gasteiger partial charge on any atom is 0.407 e. The molecule has 1 saturated heterocycles. The van der Waals surface area contributed by atoms with Crippen LogP contribution in [-0.4, -0.2) is 59.7 Å². The molecule has 0 saturated carbocycles. The number of carboxylic acids is 1. The molecule has 3 aromatic carbocycles. The number of aliphatic carboxylic acids is 1. The van der Waals surface area contributed by atoms with E-state index in [0.29, 0.717) is 0 Å². The smallest absolute Gasteiger partial charge is 0.407 e. The first kappa shape index (κ1) is 26.9. The Bertz CT molecular complexity index is 1390. The topological polar surface area (TPSA) is 122 Å². The van der Waals surface area contributed by atoms with Crippen LogP contribution in [0.3, 0.4) is 0 Å². The minimum atomic E-state index is -1.27. The molecule has 0 spiro atoms. The van der Waals surface area contributed by atoms with Gasteiger partial charge in [-0.05, 0) is 34.7 Å². The fraction of sp³-hybridized carbons (Fsp3) is 0.290. The number of nitrogens with one attached hydrogen (secondary N) is 1. The lowest BCUT2D eigenvalue weighted by atomic mass is 9.81. The summed E-state index contributed by atoms with van der Waals surface area (Å²) >= 11 is 0. The van der Waals surface area contributed by atoms with E-state index in [9.17, 15) is 24.3 Å². The zero-order valence-corrected chi connectivity index (χ0v) is 22.0. The van der Waals surface area contributed by atoms with Crippen LogP contribution in [0.15, 0.2) is 78.9 Å². The van der Waals surface area contributed by atoms with Crippen molar-refractivity contribution in [2.45, 2.75) is 31.9 Å². The molecule has 1 heterocycles. The summed E-state index contributed by atoms with van der Waals surface area (Å²) in [5.41, 5.74) is 3.96. The van der Waals surface area contributed by atoms with Gasteiger partial charge in [0, 0.05) is 19.0 Å². The van der Waals surface area contributed by atoms with E-state index in [2.05, 4.69) is 5.32 Å². The molecule has 2 N–H and O–H groups in total. The third kappa shape index (κ3) is 5.54. The van der Waals surface area contributed by atoms with Crippen LogP contribution in [0.1, 0.15) is 36.0 Å². The zero-order chi connectivity index (χ0) is 28.3. The van der Waals surface area contributed by atoms with Gasteiger partial charge in [0.05, 0.1) is 11.8 Å². The van der Waals surface area contributed by atoms with E-state index in [1.165, 1.54) is 4.90 Å². The van der Waals surface area contributed by atoms with Crippen molar-refractivity contribution < 1.29 is 33.8 Å². The van der Waals surface area contributed by atoms with Crippen molar-refractivity contribution in [2.24, 2.45) is 5.41 Å². The van der Waals surface area contributed by atoms with Crippen LogP contribution in [-0.2, 0) is 30.5 Å². The molecule has 1 aliphatic heterocycles. The van der Waals surface area contributed by atoms with Gasteiger partial charge in [0.1, 0.15) is 19.3 Å². The molecule has 2 amide bonds. The number of benzene rings is 3. The number of hydrogen-bond donors (Lipinski definition) is 2. The van der Waals surface area contributed by atoms with Crippen LogP contribution in [0.5, 0.6) is 0 Å². The Kier molecular flexibility index (Phi) is 7.55. The first-order valence-electron chi connectivity index (χ1n) is 13.1.